The Bertz CT molecular complexity index is 626. The zero-order chi connectivity index (χ0) is 16.9. The van der Waals surface area contributed by atoms with Crippen LogP contribution in [0.25, 0.3) is 0 Å². The van der Waals surface area contributed by atoms with Gasteiger partial charge in [-0.2, -0.15) is 0 Å². The second kappa shape index (κ2) is 8.23. The number of hydrogen-bond acceptors (Lipinski definition) is 5. The summed E-state index contributed by atoms with van der Waals surface area (Å²) in [6.45, 7) is 2.51. The Kier molecular flexibility index (Phi) is 6.58. The number of nitrogens with one attached hydrogen (secondary N) is 1. The number of carbonyl (C=O) groups is 1. The number of hydrogen-bond donors (Lipinski definition) is 1. The fourth-order valence-electron chi connectivity index (χ4n) is 2.15. The van der Waals surface area contributed by atoms with Gasteiger partial charge < -0.3 is 9.47 Å². The van der Waals surface area contributed by atoms with Crippen LogP contribution in [0.4, 0.5) is 0 Å². The number of halogens is 1. The van der Waals surface area contributed by atoms with E-state index in [0.717, 1.165) is 23.7 Å². The van der Waals surface area contributed by atoms with Crippen LogP contribution in [0.2, 0.25) is 0 Å². The lowest BCUT2D eigenvalue weighted by Gasteiger charge is -2.23. The molecule has 23 heavy (non-hydrogen) atoms. The summed E-state index contributed by atoms with van der Waals surface area (Å²) >= 11 is 3.23. The van der Waals surface area contributed by atoms with Crippen molar-refractivity contribution in [3.05, 3.63) is 28.7 Å². The lowest BCUT2D eigenvalue weighted by Crippen LogP contribution is -2.40. The molecule has 128 valence electrons. The van der Waals surface area contributed by atoms with Crippen LogP contribution in [0, 0.1) is 0 Å². The molecule has 1 N–H and O–H groups in total. The van der Waals surface area contributed by atoms with Crippen LogP contribution in [0.15, 0.2) is 33.6 Å². The first-order valence-corrected chi connectivity index (χ1v) is 9.71. The summed E-state index contributed by atoms with van der Waals surface area (Å²) in [5.74, 6) is -0.691. The Morgan fingerprint density at radius 2 is 2.09 bits per heavy atom. The summed E-state index contributed by atoms with van der Waals surface area (Å²) in [4.78, 5) is 12.0. The van der Waals surface area contributed by atoms with E-state index in [-0.39, 0.29) is 17.6 Å². The van der Waals surface area contributed by atoms with E-state index in [1.165, 1.54) is 19.1 Å². The molecule has 0 spiro atoms. The van der Waals surface area contributed by atoms with E-state index in [1.807, 2.05) is 4.72 Å². The first-order chi connectivity index (χ1) is 10.9. The van der Waals surface area contributed by atoms with Gasteiger partial charge in [0.25, 0.3) is 15.9 Å². The third-order valence-electron chi connectivity index (χ3n) is 3.53. The van der Waals surface area contributed by atoms with Gasteiger partial charge in [0.2, 0.25) is 0 Å². The van der Waals surface area contributed by atoms with E-state index in [4.69, 9.17) is 9.47 Å². The molecule has 0 aromatic heterocycles. The average Bonchev–Trinajstić information content (AvgIpc) is 2.53. The molecule has 2 atom stereocenters. The summed E-state index contributed by atoms with van der Waals surface area (Å²) in [6, 6.07) is 6.03. The molecule has 0 aliphatic carbocycles. The predicted octanol–water partition coefficient (Wildman–Crippen LogP) is 2.23. The SMILES string of the molecule is C[C@H](OC[C@H]1CCCCO1)C(=O)NS(=O)(=O)c1ccc(Br)cc1. The minimum atomic E-state index is -3.90. The first kappa shape index (κ1) is 18.4. The smallest absolute Gasteiger partial charge is 0.264 e. The molecule has 1 heterocycles. The Balaban J connectivity index is 1.87. The number of ether oxygens (including phenoxy) is 2. The molecule has 0 unspecified atom stereocenters. The molecule has 0 radical (unpaired) electrons. The standard InChI is InChI=1S/C15H20BrNO5S/c1-11(22-10-13-4-2-3-9-21-13)15(18)17-23(19,20)14-7-5-12(16)6-8-14/h5-8,11,13H,2-4,9-10H2,1H3,(H,17,18)/t11-,13+/m0/s1. The molecule has 1 saturated heterocycles. The number of amides is 1. The molecule has 1 aliphatic heterocycles. The van der Waals surface area contributed by atoms with Crippen molar-refractivity contribution < 1.29 is 22.7 Å². The quantitative estimate of drug-likeness (QED) is 0.784. The van der Waals surface area contributed by atoms with Gasteiger partial charge in [-0.25, -0.2) is 13.1 Å². The van der Waals surface area contributed by atoms with Crippen LogP contribution in [-0.4, -0.2) is 39.7 Å². The summed E-state index contributed by atoms with van der Waals surface area (Å²) in [7, 11) is -3.90. The fourth-order valence-corrected chi connectivity index (χ4v) is 3.46. The van der Waals surface area contributed by atoms with Crippen LogP contribution >= 0.6 is 15.9 Å². The van der Waals surface area contributed by atoms with Gasteiger partial charge in [0.15, 0.2) is 0 Å². The molecule has 1 amide bonds. The highest BCUT2D eigenvalue weighted by Gasteiger charge is 2.23. The maximum absolute atomic E-state index is 12.1. The molecule has 1 aromatic rings. The Morgan fingerprint density at radius 1 is 1.39 bits per heavy atom. The summed E-state index contributed by atoms with van der Waals surface area (Å²) in [5, 5.41) is 0. The molecule has 1 aliphatic rings. The van der Waals surface area contributed by atoms with Gasteiger partial charge in [-0.1, -0.05) is 15.9 Å². The molecule has 1 aromatic carbocycles. The van der Waals surface area contributed by atoms with Crippen molar-refractivity contribution in [1.82, 2.24) is 4.72 Å². The molecule has 2 rings (SSSR count). The Hall–Kier alpha value is -0.960. The van der Waals surface area contributed by atoms with E-state index in [2.05, 4.69) is 15.9 Å². The van der Waals surface area contributed by atoms with E-state index < -0.39 is 22.0 Å². The normalized spacial score (nSPS) is 20.0. The molecule has 0 bridgehead atoms. The second-order valence-electron chi connectivity index (χ2n) is 5.39. The first-order valence-electron chi connectivity index (χ1n) is 7.44. The van der Waals surface area contributed by atoms with Gasteiger partial charge in [0.05, 0.1) is 17.6 Å². The van der Waals surface area contributed by atoms with Crippen LogP contribution in [0.1, 0.15) is 26.2 Å². The van der Waals surface area contributed by atoms with Crippen LogP contribution in [0.3, 0.4) is 0 Å². The highest BCUT2D eigenvalue weighted by molar-refractivity contribution is 9.10. The molecule has 1 fully saturated rings. The molecule has 8 heteroatoms. The molecular formula is C15H20BrNO5S. The van der Waals surface area contributed by atoms with Crippen LogP contribution in [0.5, 0.6) is 0 Å². The monoisotopic (exact) mass is 405 g/mol. The second-order valence-corrected chi connectivity index (χ2v) is 7.99. The third kappa shape index (κ3) is 5.56. The van der Waals surface area contributed by atoms with Crippen molar-refractivity contribution >= 4 is 31.9 Å². The van der Waals surface area contributed by atoms with Crippen molar-refractivity contribution in [3.63, 3.8) is 0 Å². The lowest BCUT2D eigenvalue weighted by molar-refractivity contribution is -0.133. The van der Waals surface area contributed by atoms with Crippen molar-refractivity contribution in [2.45, 2.75) is 43.3 Å². The number of sulfonamides is 1. The topological polar surface area (TPSA) is 81.7 Å². The van der Waals surface area contributed by atoms with Gasteiger partial charge >= 0.3 is 0 Å². The van der Waals surface area contributed by atoms with E-state index >= 15 is 0 Å². The minimum absolute atomic E-state index is 0.0249. The highest BCUT2D eigenvalue weighted by atomic mass is 79.9. The zero-order valence-corrected chi connectivity index (χ0v) is 15.2. The van der Waals surface area contributed by atoms with Crippen LogP contribution in [-0.2, 0) is 24.3 Å². The largest absolute Gasteiger partial charge is 0.376 e. The predicted molar refractivity (Wildman–Crippen MR) is 88.5 cm³/mol. The maximum atomic E-state index is 12.1. The van der Waals surface area contributed by atoms with Gasteiger partial charge in [0.1, 0.15) is 6.10 Å². The van der Waals surface area contributed by atoms with Gasteiger partial charge in [-0.15, -0.1) is 0 Å². The van der Waals surface area contributed by atoms with Gasteiger partial charge in [-0.3, -0.25) is 4.79 Å². The summed E-state index contributed by atoms with van der Waals surface area (Å²) < 4.78 is 38.0. The Morgan fingerprint density at radius 3 is 2.70 bits per heavy atom. The Labute approximate surface area is 144 Å². The number of carbonyl (C=O) groups excluding carboxylic acids is 1. The maximum Gasteiger partial charge on any atom is 0.264 e. The number of rotatable bonds is 6. The van der Waals surface area contributed by atoms with Crippen LogP contribution < -0.4 is 4.72 Å². The fraction of sp³-hybridized carbons (Fsp3) is 0.533. The lowest BCUT2D eigenvalue weighted by atomic mass is 10.1. The summed E-state index contributed by atoms with van der Waals surface area (Å²) in [5.41, 5.74) is 0. The highest BCUT2D eigenvalue weighted by Crippen LogP contribution is 2.15. The van der Waals surface area contributed by atoms with Gasteiger partial charge in [-0.05, 0) is 50.5 Å². The third-order valence-corrected chi connectivity index (χ3v) is 5.43. The molecule has 6 nitrogen and oxygen atoms in total. The van der Waals surface area contributed by atoms with Crippen molar-refractivity contribution in [1.29, 1.82) is 0 Å². The van der Waals surface area contributed by atoms with E-state index in [0.29, 0.717) is 6.61 Å². The summed E-state index contributed by atoms with van der Waals surface area (Å²) in [6.07, 6.45) is 2.11. The minimum Gasteiger partial charge on any atom is -0.376 e. The zero-order valence-electron chi connectivity index (χ0n) is 12.8. The van der Waals surface area contributed by atoms with Crippen molar-refractivity contribution in [2.24, 2.45) is 0 Å². The van der Waals surface area contributed by atoms with E-state index in [9.17, 15) is 13.2 Å². The van der Waals surface area contributed by atoms with Crippen molar-refractivity contribution in [2.75, 3.05) is 13.2 Å². The van der Waals surface area contributed by atoms with E-state index in [1.54, 1.807) is 12.1 Å². The molecular weight excluding hydrogens is 386 g/mol. The number of benzene rings is 1. The van der Waals surface area contributed by atoms with Crippen molar-refractivity contribution in [3.8, 4) is 0 Å². The van der Waals surface area contributed by atoms with Gasteiger partial charge in [0, 0.05) is 11.1 Å². The average molecular weight is 406 g/mol. The molecule has 0 saturated carbocycles.